The Morgan fingerprint density at radius 2 is 2.40 bits per heavy atom. The molecular formula is C6H8BrN3. The number of aromatic nitrogens is 2. The minimum Gasteiger partial charge on any atom is -0.312 e. The molecule has 10 heavy (non-hydrogen) atoms. The largest absolute Gasteiger partial charge is 0.312 e. The molecule has 0 aliphatic carbocycles. The maximum atomic E-state index is 4.14. The highest BCUT2D eigenvalue weighted by atomic mass is 79.9. The minimum atomic E-state index is 0.937. The summed E-state index contributed by atoms with van der Waals surface area (Å²) in [6.45, 7) is 1.98. The summed E-state index contributed by atoms with van der Waals surface area (Å²) < 4.78 is 1.02. The summed E-state index contributed by atoms with van der Waals surface area (Å²) in [5.41, 5.74) is 2.48. The molecule has 2 heterocycles. The molecule has 1 aliphatic heterocycles. The predicted molar refractivity (Wildman–Crippen MR) is 41.7 cm³/mol. The number of aromatic amines is 1. The fourth-order valence-electron chi connectivity index (χ4n) is 1.18. The molecule has 0 atom stereocenters. The van der Waals surface area contributed by atoms with Crippen LogP contribution in [-0.4, -0.2) is 16.7 Å². The van der Waals surface area contributed by atoms with Crippen LogP contribution in [0.1, 0.15) is 11.3 Å². The first kappa shape index (κ1) is 6.37. The van der Waals surface area contributed by atoms with Gasteiger partial charge >= 0.3 is 0 Å². The van der Waals surface area contributed by atoms with Gasteiger partial charge in [0.15, 0.2) is 0 Å². The van der Waals surface area contributed by atoms with Gasteiger partial charge in [-0.25, -0.2) is 0 Å². The number of fused-ring (bicyclic) bond motifs is 1. The first-order valence-corrected chi connectivity index (χ1v) is 4.09. The molecule has 0 spiro atoms. The normalized spacial score (nSPS) is 16.9. The third kappa shape index (κ3) is 0.876. The molecule has 3 nitrogen and oxygen atoms in total. The summed E-state index contributed by atoms with van der Waals surface area (Å²) in [5.74, 6) is 0. The molecule has 0 amide bonds. The Bertz CT molecular complexity index is 243. The zero-order valence-electron chi connectivity index (χ0n) is 5.45. The highest BCUT2D eigenvalue weighted by molar-refractivity contribution is 9.10. The summed E-state index contributed by atoms with van der Waals surface area (Å²) in [6, 6.07) is 0. The molecular weight excluding hydrogens is 194 g/mol. The van der Waals surface area contributed by atoms with Gasteiger partial charge in [-0.2, -0.15) is 5.10 Å². The van der Waals surface area contributed by atoms with Crippen molar-refractivity contribution in [2.75, 3.05) is 6.54 Å². The number of halogens is 1. The second kappa shape index (κ2) is 2.36. The van der Waals surface area contributed by atoms with E-state index in [0.29, 0.717) is 0 Å². The maximum absolute atomic E-state index is 4.14. The number of hydrogen-bond acceptors (Lipinski definition) is 2. The van der Waals surface area contributed by atoms with Crippen molar-refractivity contribution in [1.29, 1.82) is 0 Å². The van der Waals surface area contributed by atoms with Crippen molar-refractivity contribution in [3.63, 3.8) is 0 Å². The number of rotatable bonds is 0. The van der Waals surface area contributed by atoms with Crippen LogP contribution < -0.4 is 5.32 Å². The van der Waals surface area contributed by atoms with Crippen LogP contribution in [-0.2, 0) is 13.0 Å². The van der Waals surface area contributed by atoms with Crippen LogP contribution in [0.3, 0.4) is 0 Å². The van der Waals surface area contributed by atoms with Gasteiger partial charge in [-0.15, -0.1) is 0 Å². The molecule has 0 fully saturated rings. The monoisotopic (exact) mass is 201 g/mol. The summed E-state index contributed by atoms with van der Waals surface area (Å²) in [5, 5.41) is 10.3. The van der Waals surface area contributed by atoms with Crippen molar-refractivity contribution in [3.8, 4) is 0 Å². The molecule has 2 rings (SSSR count). The van der Waals surface area contributed by atoms with Gasteiger partial charge in [0.05, 0.1) is 5.69 Å². The van der Waals surface area contributed by atoms with Crippen LogP contribution in [0.4, 0.5) is 0 Å². The Labute approximate surface area is 67.3 Å². The Kier molecular flexibility index (Phi) is 1.50. The number of H-pyrrole nitrogens is 1. The van der Waals surface area contributed by atoms with E-state index in [2.05, 4.69) is 31.4 Å². The highest BCUT2D eigenvalue weighted by Gasteiger charge is 2.13. The van der Waals surface area contributed by atoms with E-state index in [9.17, 15) is 0 Å². The molecule has 1 aliphatic rings. The molecule has 0 aromatic carbocycles. The van der Waals surface area contributed by atoms with Crippen LogP contribution in [0.2, 0.25) is 0 Å². The summed E-state index contributed by atoms with van der Waals surface area (Å²) in [4.78, 5) is 0. The quantitative estimate of drug-likeness (QED) is 0.653. The van der Waals surface area contributed by atoms with Crippen molar-refractivity contribution >= 4 is 15.9 Å². The highest BCUT2D eigenvalue weighted by Crippen LogP contribution is 2.19. The standard InChI is InChI=1S/C6H8BrN3/c7-6-4-3-8-2-1-5(4)9-10-6/h8H,1-3H2,(H,9,10). The van der Waals surface area contributed by atoms with Gasteiger partial charge in [0.1, 0.15) is 4.60 Å². The lowest BCUT2D eigenvalue weighted by atomic mass is 10.1. The molecule has 0 unspecified atom stereocenters. The smallest absolute Gasteiger partial charge is 0.105 e. The van der Waals surface area contributed by atoms with Gasteiger partial charge in [-0.3, -0.25) is 5.10 Å². The summed E-state index contributed by atoms with van der Waals surface area (Å²) in [6.07, 6.45) is 1.04. The van der Waals surface area contributed by atoms with Crippen molar-refractivity contribution in [1.82, 2.24) is 15.5 Å². The van der Waals surface area contributed by atoms with Gasteiger partial charge < -0.3 is 5.32 Å². The van der Waals surface area contributed by atoms with Crippen LogP contribution in [0.25, 0.3) is 0 Å². The van der Waals surface area contributed by atoms with Gasteiger partial charge in [0.2, 0.25) is 0 Å². The second-order valence-corrected chi connectivity index (χ2v) is 3.18. The van der Waals surface area contributed by atoms with Crippen LogP contribution >= 0.6 is 15.9 Å². The summed E-state index contributed by atoms with van der Waals surface area (Å²) in [7, 11) is 0. The van der Waals surface area contributed by atoms with Gasteiger partial charge in [-0.1, -0.05) is 0 Å². The zero-order valence-corrected chi connectivity index (χ0v) is 7.03. The fraction of sp³-hybridized carbons (Fsp3) is 0.500. The second-order valence-electron chi connectivity index (χ2n) is 2.39. The molecule has 2 N–H and O–H groups in total. The Hall–Kier alpha value is -0.350. The maximum Gasteiger partial charge on any atom is 0.105 e. The number of hydrogen-bond donors (Lipinski definition) is 2. The van der Waals surface area contributed by atoms with E-state index in [-0.39, 0.29) is 0 Å². The zero-order chi connectivity index (χ0) is 6.97. The third-order valence-corrected chi connectivity index (χ3v) is 2.40. The molecule has 4 heteroatoms. The van der Waals surface area contributed by atoms with Crippen molar-refractivity contribution in [2.24, 2.45) is 0 Å². The van der Waals surface area contributed by atoms with E-state index in [1.54, 1.807) is 0 Å². The fourth-order valence-corrected chi connectivity index (χ4v) is 1.64. The molecule has 1 aromatic heterocycles. The SMILES string of the molecule is Brc1[nH]nc2c1CNCC2. The van der Waals surface area contributed by atoms with Gasteiger partial charge in [0.25, 0.3) is 0 Å². The summed E-state index contributed by atoms with van der Waals surface area (Å²) >= 11 is 3.39. The molecule has 0 saturated carbocycles. The number of nitrogens with zero attached hydrogens (tertiary/aromatic N) is 1. The average molecular weight is 202 g/mol. The predicted octanol–water partition coefficient (Wildman–Crippen LogP) is 0.818. The lowest BCUT2D eigenvalue weighted by molar-refractivity contribution is 0.636. The third-order valence-electron chi connectivity index (χ3n) is 1.74. The van der Waals surface area contributed by atoms with Crippen LogP contribution in [0.5, 0.6) is 0 Å². The van der Waals surface area contributed by atoms with Crippen LogP contribution in [0.15, 0.2) is 4.60 Å². The van der Waals surface area contributed by atoms with E-state index in [4.69, 9.17) is 0 Å². The van der Waals surface area contributed by atoms with E-state index >= 15 is 0 Å². The average Bonchev–Trinajstić information content (AvgIpc) is 2.34. The van der Waals surface area contributed by atoms with Crippen molar-refractivity contribution < 1.29 is 0 Å². The molecule has 1 aromatic rings. The Balaban J connectivity index is 2.45. The van der Waals surface area contributed by atoms with Gasteiger partial charge in [0, 0.05) is 25.1 Å². The minimum absolute atomic E-state index is 0.937. The Morgan fingerprint density at radius 1 is 1.50 bits per heavy atom. The first-order valence-electron chi connectivity index (χ1n) is 3.30. The Morgan fingerprint density at radius 3 is 3.20 bits per heavy atom. The van der Waals surface area contributed by atoms with Crippen molar-refractivity contribution in [3.05, 3.63) is 15.9 Å². The van der Waals surface area contributed by atoms with E-state index < -0.39 is 0 Å². The van der Waals surface area contributed by atoms with E-state index in [1.165, 1.54) is 11.3 Å². The topological polar surface area (TPSA) is 40.7 Å². The molecule has 0 radical (unpaired) electrons. The lowest BCUT2D eigenvalue weighted by Crippen LogP contribution is -2.23. The molecule has 0 saturated heterocycles. The van der Waals surface area contributed by atoms with E-state index in [1.807, 2.05) is 0 Å². The lowest BCUT2D eigenvalue weighted by Gasteiger charge is -2.10. The van der Waals surface area contributed by atoms with E-state index in [0.717, 1.165) is 24.1 Å². The van der Waals surface area contributed by atoms with Gasteiger partial charge in [-0.05, 0) is 15.9 Å². The number of nitrogens with one attached hydrogen (secondary N) is 2. The van der Waals surface area contributed by atoms with Crippen LogP contribution in [0, 0.1) is 0 Å². The molecule has 0 bridgehead atoms. The van der Waals surface area contributed by atoms with Crippen molar-refractivity contribution in [2.45, 2.75) is 13.0 Å². The molecule has 54 valence electrons. The first-order chi connectivity index (χ1) is 4.88.